The number of carbonyl (C=O) groups excluding carboxylic acids is 2. The van der Waals surface area contributed by atoms with E-state index in [1.807, 2.05) is 30.3 Å². The Morgan fingerprint density at radius 2 is 1.63 bits per heavy atom. The van der Waals surface area contributed by atoms with E-state index in [-0.39, 0.29) is 11.9 Å². The lowest BCUT2D eigenvalue weighted by atomic mass is 10.1. The molecule has 0 aliphatic carbocycles. The van der Waals surface area contributed by atoms with Gasteiger partial charge in [0.1, 0.15) is 11.0 Å². The number of fused-ring (bicyclic) bond motifs is 1. The van der Waals surface area contributed by atoms with E-state index < -0.39 is 0 Å². The maximum absolute atomic E-state index is 12.4. The van der Waals surface area contributed by atoms with Crippen molar-refractivity contribution in [1.29, 1.82) is 0 Å². The number of hydrogen-bond donors (Lipinski definition) is 3. The molecule has 0 fully saturated rings. The van der Waals surface area contributed by atoms with Crippen molar-refractivity contribution in [2.24, 2.45) is 0 Å². The number of aromatic nitrogens is 3. The first-order chi connectivity index (χ1) is 14.7. The summed E-state index contributed by atoms with van der Waals surface area (Å²) >= 11 is 1.12. The van der Waals surface area contributed by atoms with Crippen LogP contribution in [-0.4, -0.2) is 25.7 Å². The number of amides is 3. The molecule has 9 heteroatoms. The van der Waals surface area contributed by atoms with Crippen LogP contribution in [-0.2, 0) is 13.1 Å². The summed E-state index contributed by atoms with van der Waals surface area (Å²) in [5.74, 6) is -0.196. The van der Waals surface area contributed by atoms with Gasteiger partial charge in [-0.15, -0.1) is 0 Å². The molecule has 0 spiro atoms. The highest BCUT2D eigenvalue weighted by molar-refractivity contribution is 7.00. The molecule has 0 aliphatic heterocycles. The van der Waals surface area contributed by atoms with E-state index in [2.05, 4.69) is 29.7 Å². The van der Waals surface area contributed by atoms with Crippen LogP contribution in [0.1, 0.15) is 21.5 Å². The average Bonchev–Trinajstić information content (AvgIpc) is 3.25. The van der Waals surface area contributed by atoms with Crippen molar-refractivity contribution >= 4 is 40.4 Å². The fraction of sp³-hybridized carbons (Fsp3) is 0.0952. The largest absolute Gasteiger partial charge is 0.348 e. The first-order valence-corrected chi connectivity index (χ1v) is 9.93. The summed E-state index contributed by atoms with van der Waals surface area (Å²) in [7, 11) is 0. The number of urea groups is 1. The molecule has 0 unspecified atom stereocenters. The van der Waals surface area contributed by atoms with Gasteiger partial charge in [-0.05, 0) is 53.6 Å². The van der Waals surface area contributed by atoms with Crippen LogP contribution in [0, 0.1) is 0 Å². The number of carbonyl (C=O) groups is 2. The van der Waals surface area contributed by atoms with Gasteiger partial charge in [0.15, 0.2) is 0 Å². The van der Waals surface area contributed by atoms with Gasteiger partial charge in [-0.3, -0.25) is 9.78 Å². The third-order valence-electron chi connectivity index (χ3n) is 4.36. The smallest absolute Gasteiger partial charge is 0.319 e. The Morgan fingerprint density at radius 3 is 2.50 bits per heavy atom. The predicted octanol–water partition coefficient (Wildman–Crippen LogP) is 3.34. The van der Waals surface area contributed by atoms with Gasteiger partial charge in [-0.25, -0.2) is 4.79 Å². The molecule has 0 saturated heterocycles. The summed E-state index contributed by atoms with van der Waals surface area (Å²) in [4.78, 5) is 28.5. The Kier molecular flexibility index (Phi) is 5.90. The summed E-state index contributed by atoms with van der Waals surface area (Å²) < 4.78 is 8.29. The van der Waals surface area contributed by atoms with Crippen LogP contribution in [0.25, 0.3) is 11.0 Å². The molecule has 0 radical (unpaired) electrons. The number of rotatable bonds is 6. The topological polar surface area (TPSA) is 109 Å². The van der Waals surface area contributed by atoms with Crippen LogP contribution in [0.4, 0.5) is 10.5 Å². The fourth-order valence-corrected chi connectivity index (χ4v) is 3.34. The molecule has 3 N–H and O–H groups in total. The molecule has 2 aromatic carbocycles. The van der Waals surface area contributed by atoms with Crippen molar-refractivity contribution in [2.45, 2.75) is 13.1 Å². The number of hydrogen-bond acceptors (Lipinski definition) is 6. The molecule has 4 rings (SSSR count). The van der Waals surface area contributed by atoms with E-state index in [0.29, 0.717) is 29.9 Å². The maximum atomic E-state index is 12.4. The van der Waals surface area contributed by atoms with Crippen LogP contribution in [0.5, 0.6) is 0 Å². The van der Waals surface area contributed by atoms with Gasteiger partial charge >= 0.3 is 6.03 Å². The van der Waals surface area contributed by atoms with Crippen LogP contribution in [0.3, 0.4) is 0 Å². The van der Waals surface area contributed by atoms with Crippen LogP contribution in [0.2, 0.25) is 0 Å². The molecule has 2 heterocycles. The molecule has 3 amide bonds. The van der Waals surface area contributed by atoms with E-state index >= 15 is 0 Å². The summed E-state index contributed by atoms with van der Waals surface area (Å²) in [5.41, 5.74) is 4.48. The van der Waals surface area contributed by atoms with E-state index in [4.69, 9.17) is 0 Å². The second-order valence-electron chi connectivity index (χ2n) is 6.51. The molecular weight excluding hydrogens is 400 g/mol. The van der Waals surface area contributed by atoms with Crippen molar-refractivity contribution in [3.63, 3.8) is 0 Å². The third-order valence-corrected chi connectivity index (χ3v) is 4.91. The van der Waals surface area contributed by atoms with Crippen LogP contribution in [0.15, 0.2) is 67.0 Å². The number of nitrogens with one attached hydrogen (secondary N) is 3. The van der Waals surface area contributed by atoms with E-state index in [9.17, 15) is 9.59 Å². The third kappa shape index (κ3) is 4.95. The zero-order valence-corrected chi connectivity index (χ0v) is 16.6. The van der Waals surface area contributed by atoms with Gasteiger partial charge in [-0.1, -0.05) is 12.1 Å². The Labute approximate surface area is 176 Å². The van der Waals surface area contributed by atoms with Crippen molar-refractivity contribution in [1.82, 2.24) is 24.4 Å². The summed E-state index contributed by atoms with van der Waals surface area (Å²) in [6.07, 6.45) is 3.36. The fourth-order valence-electron chi connectivity index (χ4n) is 2.83. The Bertz CT molecular complexity index is 1180. The molecular formula is C21H18N6O2S. The summed E-state index contributed by atoms with van der Waals surface area (Å²) in [6.45, 7) is 0.739. The molecule has 4 aromatic rings. The summed E-state index contributed by atoms with van der Waals surface area (Å²) in [6, 6.07) is 15.9. The minimum atomic E-state index is -0.307. The average molecular weight is 418 g/mol. The highest BCUT2D eigenvalue weighted by Gasteiger charge is 2.09. The highest BCUT2D eigenvalue weighted by Crippen LogP contribution is 2.14. The lowest BCUT2D eigenvalue weighted by molar-refractivity contribution is 0.0951. The molecule has 0 saturated carbocycles. The normalized spacial score (nSPS) is 10.5. The predicted molar refractivity (Wildman–Crippen MR) is 115 cm³/mol. The zero-order valence-electron chi connectivity index (χ0n) is 15.8. The van der Waals surface area contributed by atoms with Gasteiger partial charge in [0.05, 0.1) is 11.7 Å². The monoisotopic (exact) mass is 418 g/mol. The molecule has 8 nitrogen and oxygen atoms in total. The Balaban J connectivity index is 1.31. The minimum absolute atomic E-state index is 0.196. The molecule has 0 aliphatic rings. The number of nitrogens with zero attached hydrogens (tertiary/aromatic N) is 3. The van der Waals surface area contributed by atoms with Gasteiger partial charge < -0.3 is 16.0 Å². The van der Waals surface area contributed by atoms with Crippen molar-refractivity contribution in [2.75, 3.05) is 5.32 Å². The first kappa shape index (κ1) is 19.5. The maximum Gasteiger partial charge on any atom is 0.319 e. The Hall–Kier alpha value is -3.85. The molecule has 0 bridgehead atoms. The van der Waals surface area contributed by atoms with Gasteiger partial charge in [0.2, 0.25) is 0 Å². The van der Waals surface area contributed by atoms with Crippen LogP contribution < -0.4 is 16.0 Å². The van der Waals surface area contributed by atoms with Crippen molar-refractivity contribution in [3.8, 4) is 0 Å². The summed E-state index contributed by atoms with van der Waals surface area (Å²) in [5, 5.41) is 8.47. The number of pyridine rings is 1. The van der Waals surface area contributed by atoms with Gasteiger partial charge in [0, 0.05) is 36.7 Å². The highest BCUT2D eigenvalue weighted by atomic mass is 32.1. The van der Waals surface area contributed by atoms with Crippen LogP contribution >= 0.6 is 11.7 Å². The van der Waals surface area contributed by atoms with Gasteiger partial charge in [-0.2, -0.15) is 8.75 Å². The van der Waals surface area contributed by atoms with Crippen molar-refractivity contribution in [3.05, 3.63) is 83.7 Å². The molecule has 30 heavy (non-hydrogen) atoms. The second kappa shape index (κ2) is 9.10. The standard InChI is InChI=1S/C21H18N6O2S/c28-20(16-4-5-18-19(11-16)27-30-26-18)23-13-15-2-1-3-17(10-15)25-21(29)24-12-14-6-8-22-9-7-14/h1-11H,12-13H2,(H,23,28)(H2,24,25,29). The number of anilines is 1. The molecule has 0 atom stereocenters. The minimum Gasteiger partial charge on any atom is -0.348 e. The second-order valence-corrected chi connectivity index (χ2v) is 7.04. The zero-order chi connectivity index (χ0) is 20.8. The van der Waals surface area contributed by atoms with Gasteiger partial charge in [0.25, 0.3) is 5.91 Å². The van der Waals surface area contributed by atoms with E-state index in [1.54, 1.807) is 36.7 Å². The lowest BCUT2D eigenvalue weighted by Gasteiger charge is -2.10. The van der Waals surface area contributed by atoms with E-state index in [0.717, 1.165) is 28.4 Å². The first-order valence-electron chi connectivity index (χ1n) is 9.20. The van der Waals surface area contributed by atoms with E-state index in [1.165, 1.54) is 0 Å². The Morgan fingerprint density at radius 1 is 0.833 bits per heavy atom. The quantitative estimate of drug-likeness (QED) is 0.445. The molecule has 2 aromatic heterocycles. The lowest BCUT2D eigenvalue weighted by Crippen LogP contribution is -2.28. The SMILES string of the molecule is O=C(NCc1ccncc1)Nc1cccc(CNC(=O)c2ccc3nsnc3c2)c1. The molecule has 150 valence electrons. The number of benzene rings is 2. The van der Waals surface area contributed by atoms with Crippen molar-refractivity contribution < 1.29 is 9.59 Å².